The van der Waals surface area contributed by atoms with Gasteiger partial charge in [0.15, 0.2) is 0 Å². The molecule has 0 bridgehead atoms. The summed E-state index contributed by atoms with van der Waals surface area (Å²) in [6, 6.07) is 5.90. The predicted molar refractivity (Wildman–Crippen MR) is 87.0 cm³/mol. The lowest BCUT2D eigenvalue weighted by molar-refractivity contribution is 0.0602. The van der Waals surface area contributed by atoms with Crippen LogP contribution in [0.3, 0.4) is 0 Å². The number of hydrogen-bond donors (Lipinski definition) is 1. The van der Waals surface area contributed by atoms with E-state index in [2.05, 4.69) is 22.6 Å². The average Bonchev–Trinajstić information content (AvgIpc) is 2.85. The van der Waals surface area contributed by atoms with E-state index in [0.29, 0.717) is 12.1 Å². The summed E-state index contributed by atoms with van der Waals surface area (Å²) >= 11 is 0. The molecule has 0 unspecified atom stereocenters. The van der Waals surface area contributed by atoms with Crippen molar-refractivity contribution < 1.29 is 9.53 Å². The molecule has 1 aliphatic rings. The van der Waals surface area contributed by atoms with Gasteiger partial charge in [0.05, 0.1) is 18.2 Å². The maximum Gasteiger partial charge on any atom is 0.340 e. The zero-order valence-electron chi connectivity index (χ0n) is 13.3. The van der Waals surface area contributed by atoms with Crippen LogP contribution in [0.1, 0.15) is 28.0 Å². The van der Waals surface area contributed by atoms with Gasteiger partial charge in [-0.1, -0.05) is 12.1 Å². The van der Waals surface area contributed by atoms with E-state index in [0.717, 1.165) is 38.0 Å². The number of nitrogens with zero attached hydrogens (tertiary/aromatic N) is 2. The molecule has 2 aromatic rings. The van der Waals surface area contributed by atoms with E-state index in [1.54, 1.807) is 0 Å². The highest BCUT2D eigenvalue weighted by atomic mass is 16.5. The average molecular weight is 301 g/mol. The predicted octanol–water partition coefficient (Wildman–Crippen LogP) is 1.76. The molecule has 2 N–H and O–H groups in total. The van der Waals surface area contributed by atoms with Gasteiger partial charge in [0.2, 0.25) is 0 Å². The number of benzene rings is 1. The van der Waals surface area contributed by atoms with E-state index in [4.69, 9.17) is 10.5 Å². The number of para-hydroxylation sites is 1. The second kappa shape index (κ2) is 6.10. The van der Waals surface area contributed by atoms with E-state index in [1.807, 2.05) is 12.1 Å². The minimum atomic E-state index is -0.275. The van der Waals surface area contributed by atoms with Crippen molar-refractivity contribution in [2.75, 3.05) is 27.2 Å². The van der Waals surface area contributed by atoms with Crippen LogP contribution in [0.15, 0.2) is 18.2 Å². The maximum atomic E-state index is 12.2. The second-order valence-corrected chi connectivity index (χ2v) is 5.90. The molecule has 0 aliphatic carbocycles. The van der Waals surface area contributed by atoms with Crippen LogP contribution in [0, 0.1) is 0 Å². The Labute approximate surface area is 130 Å². The van der Waals surface area contributed by atoms with Gasteiger partial charge in [-0.2, -0.15) is 0 Å². The fourth-order valence-electron chi connectivity index (χ4n) is 3.41. The van der Waals surface area contributed by atoms with Crippen LogP contribution in [0.25, 0.3) is 10.9 Å². The molecule has 0 saturated carbocycles. The van der Waals surface area contributed by atoms with Crippen LogP contribution < -0.4 is 5.73 Å². The molecule has 118 valence electrons. The molecule has 0 atom stereocenters. The van der Waals surface area contributed by atoms with E-state index in [-0.39, 0.29) is 5.97 Å². The summed E-state index contributed by atoms with van der Waals surface area (Å²) in [6.07, 6.45) is 1.91. The molecule has 1 aliphatic heterocycles. The molecule has 5 heteroatoms. The van der Waals surface area contributed by atoms with Gasteiger partial charge < -0.3 is 19.9 Å². The Bertz CT molecular complexity index is 705. The van der Waals surface area contributed by atoms with Crippen molar-refractivity contribution in [2.24, 2.45) is 5.73 Å². The number of carbonyl (C=O) groups is 1. The van der Waals surface area contributed by atoms with Gasteiger partial charge >= 0.3 is 5.97 Å². The monoisotopic (exact) mass is 301 g/mol. The topological polar surface area (TPSA) is 60.5 Å². The fourth-order valence-corrected chi connectivity index (χ4v) is 3.41. The Hall–Kier alpha value is -1.85. The van der Waals surface area contributed by atoms with Gasteiger partial charge in [0, 0.05) is 37.1 Å². The standard InChI is InChI=1S/C17H23N3O2/c1-19-10-7-15-14(11-19)12-5-3-6-13(17(21)22-2)16(12)20(15)9-4-8-18/h3,5-6H,4,7-11,18H2,1-2H3. The lowest BCUT2D eigenvalue weighted by atomic mass is 10.0. The Morgan fingerprint density at radius 3 is 2.95 bits per heavy atom. The van der Waals surface area contributed by atoms with Crippen molar-refractivity contribution in [3.63, 3.8) is 0 Å². The van der Waals surface area contributed by atoms with Gasteiger partial charge in [0.1, 0.15) is 0 Å². The molecule has 5 nitrogen and oxygen atoms in total. The molecule has 22 heavy (non-hydrogen) atoms. The summed E-state index contributed by atoms with van der Waals surface area (Å²) in [5.41, 5.74) is 10.0. The number of carbonyl (C=O) groups excluding carboxylic acids is 1. The Kier molecular flexibility index (Phi) is 4.18. The van der Waals surface area contributed by atoms with Crippen molar-refractivity contribution in [2.45, 2.75) is 25.9 Å². The SMILES string of the molecule is COC(=O)c1cccc2c3c(n(CCCN)c12)CCN(C)C3. The number of methoxy groups -OCH3 is 1. The first-order valence-electron chi connectivity index (χ1n) is 7.77. The van der Waals surface area contributed by atoms with E-state index >= 15 is 0 Å². The number of aromatic nitrogens is 1. The Balaban J connectivity index is 2.25. The fraction of sp³-hybridized carbons (Fsp3) is 0.471. The summed E-state index contributed by atoms with van der Waals surface area (Å²) in [6.45, 7) is 3.46. The van der Waals surface area contributed by atoms with Gasteiger partial charge in [-0.3, -0.25) is 0 Å². The number of aryl methyl sites for hydroxylation is 1. The first-order chi connectivity index (χ1) is 10.7. The van der Waals surface area contributed by atoms with Crippen molar-refractivity contribution in [3.05, 3.63) is 35.0 Å². The zero-order chi connectivity index (χ0) is 15.7. The van der Waals surface area contributed by atoms with Crippen LogP contribution in [-0.4, -0.2) is 42.7 Å². The molecule has 0 fully saturated rings. The number of nitrogens with two attached hydrogens (primary N) is 1. The van der Waals surface area contributed by atoms with Gasteiger partial charge in [0.25, 0.3) is 0 Å². The number of likely N-dealkylation sites (N-methyl/N-ethyl adjacent to an activating group) is 1. The molecule has 0 saturated heterocycles. The molecule has 1 aromatic carbocycles. The van der Waals surface area contributed by atoms with Crippen LogP contribution in [0.4, 0.5) is 0 Å². The lowest BCUT2D eigenvalue weighted by Crippen LogP contribution is -2.27. The van der Waals surface area contributed by atoms with Gasteiger partial charge in [-0.15, -0.1) is 0 Å². The molecule has 1 aromatic heterocycles. The van der Waals surface area contributed by atoms with Crippen molar-refractivity contribution in [1.82, 2.24) is 9.47 Å². The Morgan fingerprint density at radius 2 is 2.23 bits per heavy atom. The Morgan fingerprint density at radius 1 is 1.41 bits per heavy atom. The zero-order valence-corrected chi connectivity index (χ0v) is 13.3. The van der Waals surface area contributed by atoms with Crippen LogP contribution in [-0.2, 0) is 24.2 Å². The maximum absolute atomic E-state index is 12.2. The molecule has 0 amide bonds. The normalized spacial score (nSPS) is 15.0. The number of fused-ring (bicyclic) bond motifs is 3. The third-order valence-electron chi connectivity index (χ3n) is 4.45. The first kappa shape index (κ1) is 15.1. The third-order valence-corrected chi connectivity index (χ3v) is 4.45. The van der Waals surface area contributed by atoms with E-state index < -0.39 is 0 Å². The number of ether oxygens (including phenoxy) is 1. The molecule has 2 heterocycles. The molecular formula is C17H23N3O2. The van der Waals surface area contributed by atoms with Gasteiger partial charge in [-0.05, 0) is 31.6 Å². The minimum Gasteiger partial charge on any atom is -0.465 e. The summed E-state index contributed by atoms with van der Waals surface area (Å²) in [4.78, 5) is 14.5. The quantitative estimate of drug-likeness (QED) is 0.874. The lowest BCUT2D eigenvalue weighted by Gasteiger charge is -2.24. The summed E-state index contributed by atoms with van der Waals surface area (Å²) in [5.74, 6) is -0.275. The summed E-state index contributed by atoms with van der Waals surface area (Å²) < 4.78 is 7.26. The molecule has 0 spiro atoms. The molecule has 3 rings (SSSR count). The highest BCUT2D eigenvalue weighted by Gasteiger charge is 2.25. The van der Waals surface area contributed by atoms with E-state index in [9.17, 15) is 4.79 Å². The van der Waals surface area contributed by atoms with Crippen LogP contribution in [0.5, 0.6) is 0 Å². The van der Waals surface area contributed by atoms with Crippen molar-refractivity contribution in [1.29, 1.82) is 0 Å². The minimum absolute atomic E-state index is 0.275. The first-order valence-corrected chi connectivity index (χ1v) is 7.77. The summed E-state index contributed by atoms with van der Waals surface area (Å²) in [7, 11) is 3.57. The molecular weight excluding hydrogens is 278 g/mol. The smallest absolute Gasteiger partial charge is 0.340 e. The van der Waals surface area contributed by atoms with Crippen molar-refractivity contribution in [3.8, 4) is 0 Å². The third kappa shape index (κ3) is 2.40. The van der Waals surface area contributed by atoms with Crippen LogP contribution in [0.2, 0.25) is 0 Å². The highest BCUT2D eigenvalue weighted by molar-refractivity contribution is 6.04. The number of rotatable bonds is 4. The summed E-state index contributed by atoms with van der Waals surface area (Å²) in [5, 5.41) is 1.17. The number of hydrogen-bond acceptors (Lipinski definition) is 4. The number of esters is 1. The van der Waals surface area contributed by atoms with E-state index in [1.165, 1.54) is 23.8 Å². The molecule has 0 radical (unpaired) electrons. The van der Waals surface area contributed by atoms with Crippen LogP contribution >= 0.6 is 0 Å². The largest absolute Gasteiger partial charge is 0.465 e. The highest BCUT2D eigenvalue weighted by Crippen LogP contribution is 2.33. The van der Waals surface area contributed by atoms with Gasteiger partial charge in [-0.25, -0.2) is 4.79 Å². The van der Waals surface area contributed by atoms with Crippen molar-refractivity contribution >= 4 is 16.9 Å². The second-order valence-electron chi connectivity index (χ2n) is 5.90.